The summed E-state index contributed by atoms with van der Waals surface area (Å²) in [5.74, 6) is 2.36. The van der Waals surface area contributed by atoms with Gasteiger partial charge in [0, 0.05) is 0 Å². The van der Waals surface area contributed by atoms with E-state index in [1.165, 1.54) is 0 Å². The zero-order valence-electron chi connectivity index (χ0n) is 8.90. The smallest absolute Gasteiger partial charge is 0.225 e. The lowest BCUT2D eigenvalue weighted by molar-refractivity contribution is 0.00929. The van der Waals surface area contributed by atoms with Crippen molar-refractivity contribution in [3.8, 4) is 12.3 Å². The molecule has 16 heavy (non-hydrogen) atoms. The van der Waals surface area contributed by atoms with E-state index in [9.17, 15) is 0 Å². The fourth-order valence-corrected chi connectivity index (χ4v) is 1.88. The summed E-state index contributed by atoms with van der Waals surface area (Å²) in [6.45, 7) is 3.62. The molecule has 0 bridgehead atoms. The third-order valence-corrected chi connectivity index (χ3v) is 2.42. The van der Waals surface area contributed by atoms with E-state index in [1.54, 1.807) is 6.08 Å². The van der Waals surface area contributed by atoms with Crippen molar-refractivity contribution >= 4 is 29.3 Å². The highest BCUT2D eigenvalue weighted by atomic mass is 35.9. The predicted octanol–water partition coefficient (Wildman–Crippen LogP) is 3.32. The van der Waals surface area contributed by atoms with E-state index in [0.29, 0.717) is 19.8 Å². The Morgan fingerprint density at radius 2 is 2.06 bits per heavy atom. The van der Waals surface area contributed by atoms with Crippen molar-refractivity contribution in [2.24, 2.45) is 0 Å². The summed E-state index contributed by atoms with van der Waals surface area (Å²) in [7, 11) is 0. The van der Waals surface area contributed by atoms with Crippen molar-refractivity contribution in [3.05, 3.63) is 12.7 Å². The maximum atomic E-state index is 5.57. The van der Waals surface area contributed by atoms with Crippen LogP contribution in [-0.4, -0.2) is 32.5 Å². The fourth-order valence-electron chi connectivity index (χ4n) is 0.852. The molecule has 0 amide bonds. The largest absolute Gasteiger partial charge is 0.378 e. The second kappa shape index (κ2) is 11.7. The van der Waals surface area contributed by atoms with E-state index < -0.39 is 6.85 Å². The Bertz CT molecular complexity index is 219. The van der Waals surface area contributed by atoms with Gasteiger partial charge in [0.15, 0.2) is 0 Å². The quantitative estimate of drug-likeness (QED) is 0.267. The Morgan fingerprint density at radius 3 is 2.62 bits per heavy atom. The summed E-state index contributed by atoms with van der Waals surface area (Å²) in [4.78, 5) is 0. The monoisotopic (exact) mass is 284 g/mol. The van der Waals surface area contributed by atoms with Gasteiger partial charge in [-0.05, 0) is 28.9 Å². The van der Waals surface area contributed by atoms with Gasteiger partial charge in [-0.2, -0.15) is 0 Å². The maximum absolute atomic E-state index is 5.57. The molecule has 0 saturated heterocycles. The summed E-state index contributed by atoms with van der Waals surface area (Å²) >= 11 is 11.1. The topological polar surface area (TPSA) is 27.7 Å². The van der Waals surface area contributed by atoms with Crippen LogP contribution in [0.3, 0.4) is 0 Å². The van der Waals surface area contributed by atoms with Crippen molar-refractivity contribution in [2.45, 2.75) is 12.5 Å². The number of rotatable bonds is 10. The van der Waals surface area contributed by atoms with Crippen molar-refractivity contribution in [1.82, 2.24) is 0 Å². The number of hydrogen-bond acceptors (Lipinski definition) is 3. The lowest BCUT2D eigenvalue weighted by atomic mass is 10.4. The molecule has 92 valence electrons. The lowest BCUT2D eigenvalue weighted by Gasteiger charge is -2.17. The van der Waals surface area contributed by atoms with Crippen LogP contribution < -0.4 is 0 Å². The first-order valence-corrected chi connectivity index (χ1v) is 7.76. The molecule has 1 unspecified atom stereocenters. The molecule has 0 heterocycles. The zero-order chi connectivity index (χ0) is 12.2. The van der Waals surface area contributed by atoms with Gasteiger partial charge in [0.2, 0.25) is 6.85 Å². The molecule has 0 spiro atoms. The Labute approximate surface area is 107 Å². The lowest BCUT2D eigenvalue weighted by Crippen LogP contribution is -2.23. The van der Waals surface area contributed by atoms with Gasteiger partial charge in [-0.25, -0.2) is 0 Å². The number of ether oxygens (including phenoxy) is 2. The Hall–Kier alpha value is 0.190. The first-order valence-electron chi connectivity index (χ1n) is 4.69. The van der Waals surface area contributed by atoms with Crippen LogP contribution in [0.1, 0.15) is 6.42 Å². The molecule has 0 aliphatic heterocycles. The van der Waals surface area contributed by atoms with Crippen LogP contribution in [0.4, 0.5) is 0 Å². The first kappa shape index (κ1) is 16.2. The fraction of sp³-hybridized carbons (Fsp3) is 0.600. The highest BCUT2D eigenvalue weighted by molar-refractivity contribution is 8.00. The minimum Gasteiger partial charge on any atom is -0.378 e. The molecule has 0 rings (SSSR count). The summed E-state index contributed by atoms with van der Waals surface area (Å²) in [6.07, 6.45) is 7.32. The highest BCUT2D eigenvalue weighted by Crippen LogP contribution is 2.48. The predicted molar refractivity (Wildman–Crippen MR) is 68.8 cm³/mol. The molecule has 0 saturated carbocycles. The molecule has 0 fully saturated rings. The van der Waals surface area contributed by atoms with Crippen molar-refractivity contribution < 1.29 is 14.0 Å². The molecule has 0 aromatic rings. The van der Waals surface area contributed by atoms with Gasteiger partial charge in [-0.3, -0.25) is 0 Å². The molecule has 0 aliphatic carbocycles. The van der Waals surface area contributed by atoms with Gasteiger partial charge in [-0.1, -0.05) is 12.0 Å². The molecule has 0 aromatic carbocycles. The average Bonchev–Trinajstić information content (AvgIpc) is 2.23. The van der Waals surface area contributed by atoms with E-state index >= 15 is 0 Å². The number of terminal acetylenes is 1. The van der Waals surface area contributed by atoms with Crippen LogP contribution in [0.25, 0.3) is 0 Å². The van der Waals surface area contributed by atoms with Crippen LogP contribution >= 0.6 is 29.3 Å². The van der Waals surface area contributed by atoms with Gasteiger partial charge in [0.05, 0.1) is 19.8 Å². The molecule has 0 aliphatic rings. The van der Waals surface area contributed by atoms with Crippen molar-refractivity contribution in [1.29, 1.82) is 0 Å². The second-order valence-corrected chi connectivity index (χ2v) is 5.78. The molecule has 0 aromatic heterocycles. The molecule has 6 heteroatoms. The van der Waals surface area contributed by atoms with E-state index in [0.717, 1.165) is 6.42 Å². The van der Waals surface area contributed by atoms with Gasteiger partial charge in [0.25, 0.3) is 0 Å². The van der Waals surface area contributed by atoms with E-state index in [1.807, 2.05) is 0 Å². The molecular formula is C10H15Cl2O3P. The second-order valence-electron chi connectivity index (χ2n) is 2.80. The van der Waals surface area contributed by atoms with E-state index in [4.69, 9.17) is 42.9 Å². The maximum Gasteiger partial charge on any atom is 0.225 e. The number of hydrogen-bond donors (Lipinski definition) is 0. The minimum atomic E-state index is -1.47. The SMILES string of the molecule is C#CCOCC(COCCC=C)OP(Cl)Cl. The number of halogens is 2. The van der Waals surface area contributed by atoms with Gasteiger partial charge in [-0.15, -0.1) is 13.0 Å². The van der Waals surface area contributed by atoms with Gasteiger partial charge in [0.1, 0.15) is 12.7 Å². The summed E-state index contributed by atoms with van der Waals surface area (Å²) in [5.41, 5.74) is 0. The Kier molecular flexibility index (Phi) is 11.8. The molecule has 0 radical (unpaired) electrons. The normalized spacial score (nSPS) is 12.4. The summed E-state index contributed by atoms with van der Waals surface area (Å²) in [6, 6.07) is 0. The third-order valence-electron chi connectivity index (χ3n) is 1.49. The standard InChI is InChI=1S/C10H15Cl2O3P/c1-3-5-7-14-9-10(15-16(11)12)8-13-6-4-2/h2-3,10H,1,5-9H2. The summed E-state index contributed by atoms with van der Waals surface area (Å²) in [5, 5.41) is 0. The molecule has 3 nitrogen and oxygen atoms in total. The van der Waals surface area contributed by atoms with E-state index in [2.05, 4.69) is 12.5 Å². The van der Waals surface area contributed by atoms with Crippen LogP contribution in [0, 0.1) is 12.3 Å². The highest BCUT2D eigenvalue weighted by Gasteiger charge is 2.14. The zero-order valence-corrected chi connectivity index (χ0v) is 11.3. The first-order chi connectivity index (χ1) is 7.70. The molecular weight excluding hydrogens is 270 g/mol. The van der Waals surface area contributed by atoms with Crippen molar-refractivity contribution in [3.63, 3.8) is 0 Å². The molecule has 0 N–H and O–H groups in total. The van der Waals surface area contributed by atoms with Crippen molar-refractivity contribution in [2.75, 3.05) is 26.4 Å². The Morgan fingerprint density at radius 1 is 1.38 bits per heavy atom. The summed E-state index contributed by atoms with van der Waals surface area (Å²) < 4.78 is 15.7. The average molecular weight is 285 g/mol. The molecule has 1 atom stereocenters. The van der Waals surface area contributed by atoms with Crippen LogP contribution in [-0.2, 0) is 14.0 Å². The van der Waals surface area contributed by atoms with E-state index in [-0.39, 0.29) is 12.7 Å². The minimum absolute atomic E-state index is 0.231. The van der Waals surface area contributed by atoms with Crippen LogP contribution in [0.5, 0.6) is 0 Å². The third kappa shape index (κ3) is 10.7. The van der Waals surface area contributed by atoms with Crippen LogP contribution in [0.2, 0.25) is 0 Å². The van der Waals surface area contributed by atoms with Gasteiger partial charge >= 0.3 is 0 Å². The van der Waals surface area contributed by atoms with Crippen LogP contribution in [0.15, 0.2) is 12.7 Å². The Balaban J connectivity index is 3.72. The van der Waals surface area contributed by atoms with Gasteiger partial charge < -0.3 is 14.0 Å².